The van der Waals surface area contributed by atoms with E-state index in [9.17, 15) is 4.79 Å². The maximum atomic E-state index is 11.5. The van der Waals surface area contributed by atoms with E-state index < -0.39 is 0 Å². The maximum absolute atomic E-state index is 11.5. The molecule has 0 spiro atoms. The van der Waals surface area contributed by atoms with Gasteiger partial charge in [0.05, 0.1) is 0 Å². The molecular weight excluding hydrogens is 164 g/mol. The van der Waals surface area contributed by atoms with E-state index in [-0.39, 0.29) is 11.9 Å². The third-order valence-corrected chi connectivity index (χ3v) is 2.34. The third-order valence-electron chi connectivity index (χ3n) is 2.34. The lowest BCUT2D eigenvalue weighted by molar-refractivity contribution is -0.126. The zero-order valence-electron chi connectivity index (χ0n) is 7.62. The Labute approximate surface area is 77.5 Å². The molecule has 1 aromatic rings. The summed E-state index contributed by atoms with van der Waals surface area (Å²) < 4.78 is 5.54. The number of ether oxygens (including phenoxy) is 1. The molecule has 13 heavy (non-hydrogen) atoms. The summed E-state index contributed by atoms with van der Waals surface area (Å²) in [7, 11) is 0. The van der Waals surface area contributed by atoms with Gasteiger partial charge in [0.15, 0.2) is 11.9 Å². The van der Waals surface area contributed by atoms with Crippen molar-refractivity contribution in [1.29, 1.82) is 0 Å². The van der Waals surface area contributed by atoms with Crippen LogP contribution >= 0.6 is 0 Å². The van der Waals surface area contributed by atoms with Crippen LogP contribution in [0.1, 0.15) is 18.9 Å². The predicted molar refractivity (Wildman–Crippen MR) is 49.9 cm³/mol. The summed E-state index contributed by atoms with van der Waals surface area (Å²) in [4.78, 5) is 11.5. The number of hydrogen-bond donors (Lipinski definition) is 0. The van der Waals surface area contributed by atoms with E-state index in [4.69, 9.17) is 4.74 Å². The normalized spacial score (nSPS) is 20.7. The van der Waals surface area contributed by atoms with Crippen LogP contribution in [0.5, 0.6) is 5.75 Å². The molecule has 0 N–H and O–H groups in total. The summed E-state index contributed by atoms with van der Waals surface area (Å²) in [5, 5.41) is 0. The van der Waals surface area contributed by atoms with Gasteiger partial charge in [-0.2, -0.15) is 0 Å². The van der Waals surface area contributed by atoms with Crippen molar-refractivity contribution in [2.45, 2.75) is 25.9 Å². The zero-order valence-corrected chi connectivity index (χ0v) is 7.62. The molecular formula is C11H12O2. The molecule has 0 saturated carbocycles. The van der Waals surface area contributed by atoms with E-state index in [0.29, 0.717) is 6.42 Å². The number of rotatable bonds is 1. The van der Waals surface area contributed by atoms with Crippen molar-refractivity contribution in [3.05, 3.63) is 29.8 Å². The van der Waals surface area contributed by atoms with Crippen LogP contribution in [0.25, 0.3) is 0 Å². The molecule has 0 bridgehead atoms. The topological polar surface area (TPSA) is 26.3 Å². The summed E-state index contributed by atoms with van der Waals surface area (Å²) in [6.45, 7) is 1.97. The first-order valence-electron chi connectivity index (χ1n) is 4.58. The summed E-state index contributed by atoms with van der Waals surface area (Å²) in [5.74, 6) is 1.06. The van der Waals surface area contributed by atoms with Gasteiger partial charge in [-0.05, 0) is 12.5 Å². The fourth-order valence-corrected chi connectivity index (χ4v) is 1.60. The van der Waals surface area contributed by atoms with Crippen molar-refractivity contribution in [3.63, 3.8) is 0 Å². The van der Waals surface area contributed by atoms with E-state index in [2.05, 4.69) is 0 Å². The Hall–Kier alpha value is -1.31. The highest BCUT2D eigenvalue weighted by Gasteiger charge is 2.25. The molecule has 1 aliphatic rings. The lowest BCUT2D eigenvalue weighted by Gasteiger charge is -2.23. The highest BCUT2D eigenvalue weighted by Crippen LogP contribution is 2.26. The van der Waals surface area contributed by atoms with Gasteiger partial charge in [-0.25, -0.2) is 0 Å². The number of carbonyl (C=O) groups is 1. The van der Waals surface area contributed by atoms with Gasteiger partial charge in [-0.3, -0.25) is 4.79 Å². The van der Waals surface area contributed by atoms with Crippen LogP contribution in [0.15, 0.2) is 24.3 Å². The first-order chi connectivity index (χ1) is 6.31. The molecule has 1 unspecified atom stereocenters. The van der Waals surface area contributed by atoms with Gasteiger partial charge in [0.2, 0.25) is 0 Å². The quantitative estimate of drug-likeness (QED) is 0.654. The van der Waals surface area contributed by atoms with E-state index in [1.807, 2.05) is 31.2 Å². The molecule has 0 aromatic heterocycles. The largest absolute Gasteiger partial charge is 0.482 e. The number of ketones is 1. The van der Waals surface area contributed by atoms with Crippen LogP contribution in [0.4, 0.5) is 0 Å². The smallest absolute Gasteiger partial charge is 0.177 e. The van der Waals surface area contributed by atoms with Gasteiger partial charge in [0.25, 0.3) is 0 Å². The van der Waals surface area contributed by atoms with E-state index >= 15 is 0 Å². The third kappa shape index (κ3) is 1.44. The summed E-state index contributed by atoms with van der Waals surface area (Å²) in [5.41, 5.74) is 1.01. The van der Waals surface area contributed by atoms with Gasteiger partial charge >= 0.3 is 0 Å². The fraction of sp³-hybridized carbons (Fsp3) is 0.364. The van der Waals surface area contributed by atoms with Crippen LogP contribution in [0, 0.1) is 0 Å². The Balaban J connectivity index is 2.33. The number of fused-ring (bicyclic) bond motifs is 1. The molecule has 0 aliphatic carbocycles. The van der Waals surface area contributed by atoms with Crippen LogP contribution in [-0.2, 0) is 11.2 Å². The molecule has 1 aromatic carbocycles. The highest BCUT2D eigenvalue weighted by molar-refractivity contribution is 5.87. The second kappa shape index (κ2) is 3.21. The maximum Gasteiger partial charge on any atom is 0.177 e. The van der Waals surface area contributed by atoms with Crippen LogP contribution in [0.2, 0.25) is 0 Å². The highest BCUT2D eigenvalue weighted by atomic mass is 16.5. The Morgan fingerprint density at radius 2 is 2.23 bits per heavy atom. The van der Waals surface area contributed by atoms with Crippen molar-refractivity contribution in [3.8, 4) is 5.75 Å². The van der Waals surface area contributed by atoms with Crippen molar-refractivity contribution in [2.75, 3.05) is 0 Å². The molecule has 68 valence electrons. The van der Waals surface area contributed by atoms with Crippen LogP contribution in [-0.4, -0.2) is 11.9 Å². The molecule has 0 amide bonds. The monoisotopic (exact) mass is 176 g/mol. The number of benzene rings is 1. The Morgan fingerprint density at radius 1 is 1.46 bits per heavy atom. The van der Waals surface area contributed by atoms with Gasteiger partial charge in [-0.1, -0.05) is 25.1 Å². The zero-order chi connectivity index (χ0) is 9.26. The second-order valence-electron chi connectivity index (χ2n) is 3.27. The first-order valence-corrected chi connectivity index (χ1v) is 4.58. The standard InChI is InChI=1S/C11H12O2/c1-2-10-9(12)7-8-5-3-4-6-11(8)13-10/h3-6,10H,2,7H2,1H3. The minimum absolute atomic E-state index is 0.196. The lowest BCUT2D eigenvalue weighted by Crippen LogP contribution is -2.32. The van der Waals surface area contributed by atoms with Crippen molar-refractivity contribution in [2.24, 2.45) is 0 Å². The molecule has 2 heteroatoms. The Bertz CT molecular complexity index is 331. The minimum Gasteiger partial charge on any atom is -0.482 e. The number of hydrogen-bond acceptors (Lipinski definition) is 2. The number of Topliss-reactive ketones (excluding diaryl/α,β-unsaturated/α-hetero) is 1. The molecule has 1 heterocycles. The van der Waals surface area contributed by atoms with Gasteiger partial charge < -0.3 is 4.74 Å². The average Bonchev–Trinajstić information content (AvgIpc) is 2.17. The Morgan fingerprint density at radius 3 is 3.00 bits per heavy atom. The van der Waals surface area contributed by atoms with Crippen LogP contribution in [0.3, 0.4) is 0 Å². The predicted octanol–water partition coefficient (Wildman–Crippen LogP) is 1.97. The lowest BCUT2D eigenvalue weighted by atomic mass is 10.00. The molecule has 1 aliphatic heterocycles. The number of para-hydroxylation sites is 1. The summed E-state index contributed by atoms with van der Waals surface area (Å²) >= 11 is 0. The molecule has 0 fully saturated rings. The van der Waals surface area contributed by atoms with Gasteiger partial charge in [0.1, 0.15) is 5.75 Å². The molecule has 2 rings (SSSR count). The molecule has 0 radical (unpaired) electrons. The Kier molecular flexibility index (Phi) is 2.05. The fourth-order valence-electron chi connectivity index (χ4n) is 1.60. The van der Waals surface area contributed by atoms with E-state index in [1.165, 1.54) is 0 Å². The van der Waals surface area contributed by atoms with Crippen LogP contribution < -0.4 is 4.74 Å². The van der Waals surface area contributed by atoms with Crippen molar-refractivity contribution in [1.82, 2.24) is 0 Å². The number of carbonyl (C=O) groups excluding carboxylic acids is 1. The van der Waals surface area contributed by atoms with Gasteiger partial charge in [-0.15, -0.1) is 0 Å². The van der Waals surface area contributed by atoms with E-state index in [1.54, 1.807) is 0 Å². The minimum atomic E-state index is -0.227. The summed E-state index contributed by atoms with van der Waals surface area (Å²) in [6.07, 6.45) is 1.05. The average molecular weight is 176 g/mol. The SMILES string of the molecule is CCC1Oc2ccccc2CC1=O. The van der Waals surface area contributed by atoms with Crippen molar-refractivity contribution >= 4 is 5.78 Å². The second-order valence-corrected chi connectivity index (χ2v) is 3.27. The molecule has 0 saturated heterocycles. The van der Waals surface area contributed by atoms with Crippen molar-refractivity contribution < 1.29 is 9.53 Å². The molecule has 2 nitrogen and oxygen atoms in total. The summed E-state index contributed by atoms with van der Waals surface area (Å²) in [6, 6.07) is 7.73. The van der Waals surface area contributed by atoms with Gasteiger partial charge in [0, 0.05) is 12.0 Å². The first kappa shape index (κ1) is 8.30. The molecule has 1 atom stereocenters. The van der Waals surface area contributed by atoms with E-state index in [0.717, 1.165) is 17.7 Å².